The Morgan fingerprint density at radius 2 is 2.27 bits per heavy atom. The number of allylic oxidation sites excluding steroid dienone is 3. The lowest BCUT2D eigenvalue weighted by molar-refractivity contribution is -0.137. The van der Waals surface area contributed by atoms with Crippen molar-refractivity contribution in [3.05, 3.63) is 23.8 Å². The molecule has 0 saturated heterocycles. The van der Waals surface area contributed by atoms with Crippen LogP contribution in [-0.4, -0.2) is 13.1 Å². The summed E-state index contributed by atoms with van der Waals surface area (Å²) < 4.78 is 4.86. The van der Waals surface area contributed by atoms with E-state index in [1.807, 2.05) is 0 Å². The third-order valence-corrected chi connectivity index (χ3v) is 4.49. The number of methoxy groups -OCH3 is 1. The van der Waals surface area contributed by atoms with Gasteiger partial charge >= 0.3 is 5.97 Å². The molecule has 5 atom stereocenters. The predicted molar refractivity (Wildman–Crippen MR) is 57.0 cm³/mol. The van der Waals surface area contributed by atoms with Gasteiger partial charge in [0.1, 0.15) is 0 Å². The lowest BCUT2D eigenvalue weighted by atomic mass is 9.81. The van der Waals surface area contributed by atoms with Crippen molar-refractivity contribution >= 4 is 5.97 Å². The number of hydrogen-bond donors (Lipinski definition) is 0. The van der Waals surface area contributed by atoms with Crippen LogP contribution >= 0.6 is 0 Å². The topological polar surface area (TPSA) is 26.3 Å². The molecule has 0 aromatic heterocycles. The lowest BCUT2D eigenvalue weighted by Gasteiger charge is -2.23. The Balaban J connectivity index is 1.96. The molecular weight excluding hydrogens is 188 g/mol. The maximum atomic E-state index is 11.6. The Bertz CT molecular complexity index is 367. The highest BCUT2D eigenvalue weighted by Crippen LogP contribution is 2.58. The van der Waals surface area contributed by atoms with Crippen LogP contribution in [0, 0.1) is 29.6 Å². The lowest BCUT2D eigenvalue weighted by Crippen LogP contribution is -2.22. The van der Waals surface area contributed by atoms with Gasteiger partial charge in [0.05, 0.1) is 7.11 Å². The van der Waals surface area contributed by atoms with Gasteiger partial charge in [-0.1, -0.05) is 25.2 Å². The van der Waals surface area contributed by atoms with Gasteiger partial charge in [-0.05, 0) is 36.0 Å². The molecule has 15 heavy (non-hydrogen) atoms. The molecule has 0 aromatic rings. The molecule has 0 heterocycles. The first-order valence-electron chi connectivity index (χ1n) is 5.70. The molecule has 0 N–H and O–H groups in total. The van der Waals surface area contributed by atoms with Crippen molar-refractivity contribution < 1.29 is 9.53 Å². The average Bonchev–Trinajstić information content (AvgIpc) is 2.88. The fourth-order valence-electron chi connectivity index (χ4n) is 3.89. The molecule has 0 amide bonds. The Hall–Kier alpha value is -1.05. The fraction of sp³-hybridized carbons (Fsp3) is 0.615. The van der Waals surface area contributed by atoms with Gasteiger partial charge in [-0.3, -0.25) is 0 Å². The SMILES string of the molecule is COC(=O)C1=CC2C3C=CCC3C1[C@H]2C. The van der Waals surface area contributed by atoms with E-state index in [1.54, 1.807) is 0 Å². The third-order valence-electron chi connectivity index (χ3n) is 4.49. The summed E-state index contributed by atoms with van der Waals surface area (Å²) in [6.07, 6.45) is 7.92. The second-order valence-corrected chi connectivity index (χ2v) is 4.98. The third kappa shape index (κ3) is 1.02. The molecule has 2 heteroatoms. The van der Waals surface area contributed by atoms with E-state index in [9.17, 15) is 4.79 Å². The first-order chi connectivity index (χ1) is 7.24. The van der Waals surface area contributed by atoms with Gasteiger partial charge in [0, 0.05) is 5.57 Å². The minimum atomic E-state index is -0.111. The molecule has 80 valence electrons. The molecule has 1 saturated carbocycles. The standard InChI is InChI=1S/C13H16O2/c1-7-10-6-11(13(14)15-2)12(7)9-5-3-4-8(9)10/h3-4,6-10,12H,5H2,1-2H3/t7-,8?,9?,10?,12?/m0/s1. The van der Waals surface area contributed by atoms with Crippen molar-refractivity contribution in [1.29, 1.82) is 0 Å². The molecule has 1 fully saturated rings. The van der Waals surface area contributed by atoms with Crippen molar-refractivity contribution in [3.8, 4) is 0 Å². The minimum absolute atomic E-state index is 0.111. The summed E-state index contributed by atoms with van der Waals surface area (Å²) >= 11 is 0. The van der Waals surface area contributed by atoms with E-state index in [0.717, 1.165) is 12.0 Å². The molecular formula is C13H16O2. The smallest absolute Gasteiger partial charge is 0.333 e. The number of fused-ring (bicyclic) bond motifs is 5. The highest BCUT2D eigenvalue weighted by molar-refractivity contribution is 5.90. The van der Waals surface area contributed by atoms with Crippen molar-refractivity contribution in [1.82, 2.24) is 0 Å². The molecule has 2 bridgehead atoms. The summed E-state index contributed by atoms with van der Waals surface area (Å²) in [4.78, 5) is 11.6. The van der Waals surface area contributed by atoms with E-state index >= 15 is 0 Å². The largest absolute Gasteiger partial charge is 0.466 e. The number of rotatable bonds is 1. The molecule has 2 nitrogen and oxygen atoms in total. The van der Waals surface area contributed by atoms with Crippen molar-refractivity contribution in [3.63, 3.8) is 0 Å². The Labute approximate surface area is 90.0 Å². The van der Waals surface area contributed by atoms with Gasteiger partial charge in [0.25, 0.3) is 0 Å². The quantitative estimate of drug-likeness (QED) is 0.483. The summed E-state index contributed by atoms with van der Waals surface area (Å²) in [6, 6.07) is 0. The van der Waals surface area contributed by atoms with Crippen LogP contribution in [0.4, 0.5) is 0 Å². The molecule has 3 aliphatic carbocycles. The molecule has 3 rings (SSSR count). The maximum Gasteiger partial charge on any atom is 0.333 e. The van der Waals surface area contributed by atoms with Gasteiger partial charge in [-0.15, -0.1) is 0 Å². The molecule has 0 spiro atoms. The fourth-order valence-corrected chi connectivity index (χ4v) is 3.89. The zero-order valence-electron chi connectivity index (χ0n) is 9.14. The predicted octanol–water partition coefficient (Wildman–Crippen LogP) is 2.17. The number of esters is 1. The van der Waals surface area contributed by atoms with Crippen LogP contribution in [0.15, 0.2) is 23.8 Å². The van der Waals surface area contributed by atoms with Crippen LogP contribution in [0.3, 0.4) is 0 Å². The van der Waals surface area contributed by atoms with Crippen LogP contribution in [0.1, 0.15) is 13.3 Å². The normalized spacial score (nSPS) is 45.5. The Morgan fingerprint density at radius 3 is 3.00 bits per heavy atom. The summed E-state index contributed by atoms with van der Waals surface area (Å²) in [6.45, 7) is 2.27. The van der Waals surface area contributed by atoms with Crippen molar-refractivity contribution in [2.45, 2.75) is 13.3 Å². The highest BCUT2D eigenvalue weighted by atomic mass is 16.5. The van der Waals surface area contributed by atoms with Gasteiger partial charge in [-0.25, -0.2) is 4.79 Å². The second-order valence-electron chi connectivity index (χ2n) is 4.98. The van der Waals surface area contributed by atoms with Gasteiger partial charge in [0.2, 0.25) is 0 Å². The van der Waals surface area contributed by atoms with E-state index in [4.69, 9.17) is 4.74 Å². The van der Waals surface area contributed by atoms with Crippen LogP contribution in [-0.2, 0) is 9.53 Å². The first-order valence-corrected chi connectivity index (χ1v) is 5.70. The van der Waals surface area contributed by atoms with E-state index in [2.05, 4.69) is 25.2 Å². The second kappa shape index (κ2) is 2.97. The van der Waals surface area contributed by atoms with Gasteiger partial charge in [-0.2, -0.15) is 0 Å². The van der Waals surface area contributed by atoms with Crippen LogP contribution in [0.2, 0.25) is 0 Å². The Morgan fingerprint density at radius 1 is 1.47 bits per heavy atom. The summed E-state index contributed by atoms with van der Waals surface area (Å²) in [5.74, 6) is 2.90. The summed E-state index contributed by atoms with van der Waals surface area (Å²) in [7, 11) is 1.48. The highest BCUT2D eigenvalue weighted by Gasteiger charge is 2.54. The number of carbonyl (C=O) groups excluding carboxylic acids is 1. The average molecular weight is 204 g/mol. The van der Waals surface area contributed by atoms with Crippen LogP contribution in [0.5, 0.6) is 0 Å². The number of ether oxygens (including phenoxy) is 1. The van der Waals surface area contributed by atoms with Gasteiger partial charge < -0.3 is 4.74 Å². The van der Waals surface area contributed by atoms with E-state index in [1.165, 1.54) is 7.11 Å². The van der Waals surface area contributed by atoms with Crippen LogP contribution in [0.25, 0.3) is 0 Å². The minimum Gasteiger partial charge on any atom is -0.466 e. The van der Waals surface area contributed by atoms with Crippen LogP contribution < -0.4 is 0 Å². The molecule has 3 aliphatic rings. The summed E-state index contributed by atoms with van der Waals surface area (Å²) in [5, 5.41) is 0. The van der Waals surface area contributed by atoms with E-state index in [-0.39, 0.29) is 5.97 Å². The monoisotopic (exact) mass is 204 g/mol. The molecule has 0 aromatic carbocycles. The first kappa shape index (κ1) is 9.20. The molecule has 4 unspecified atom stereocenters. The van der Waals surface area contributed by atoms with Gasteiger partial charge in [0.15, 0.2) is 0 Å². The van der Waals surface area contributed by atoms with E-state index in [0.29, 0.717) is 29.6 Å². The zero-order valence-corrected chi connectivity index (χ0v) is 9.14. The van der Waals surface area contributed by atoms with Crippen molar-refractivity contribution in [2.75, 3.05) is 7.11 Å². The number of carbonyl (C=O) groups is 1. The maximum absolute atomic E-state index is 11.6. The van der Waals surface area contributed by atoms with E-state index < -0.39 is 0 Å². The molecule has 0 radical (unpaired) electrons. The summed E-state index contributed by atoms with van der Waals surface area (Å²) in [5.41, 5.74) is 0.944. The molecule has 0 aliphatic heterocycles. The zero-order chi connectivity index (χ0) is 10.6. The van der Waals surface area contributed by atoms with Crippen molar-refractivity contribution in [2.24, 2.45) is 29.6 Å². The number of hydrogen-bond acceptors (Lipinski definition) is 2. The Kier molecular flexibility index (Phi) is 1.82.